The van der Waals surface area contributed by atoms with E-state index < -0.39 is 10.0 Å². The van der Waals surface area contributed by atoms with Gasteiger partial charge in [-0.2, -0.15) is 0 Å². The van der Waals surface area contributed by atoms with Gasteiger partial charge in [0.25, 0.3) is 0 Å². The number of rotatable bonds is 4. The van der Waals surface area contributed by atoms with Crippen molar-refractivity contribution in [3.05, 3.63) is 24.3 Å². The molecule has 6 nitrogen and oxygen atoms in total. The van der Waals surface area contributed by atoms with Crippen molar-refractivity contribution < 1.29 is 8.42 Å². The second-order valence-corrected chi connectivity index (χ2v) is 9.89. The van der Waals surface area contributed by atoms with Crippen molar-refractivity contribution in [2.45, 2.75) is 13.8 Å². The topological polar surface area (TPSA) is 58.4 Å². The van der Waals surface area contributed by atoms with Crippen molar-refractivity contribution in [2.75, 3.05) is 36.8 Å². The number of aryl methyl sites for hydroxylation is 1. The molecule has 0 spiro atoms. The predicted octanol–water partition coefficient (Wildman–Crippen LogP) is 1.93. The summed E-state index contributed by atoms with van der Waals surface area (Å²) in [5.74, 6) is 2.22. The molecule has 3 heterocycles. The Morgan fingerprint density at radius 1 is 1.12 bits per heavy atom. The van der Waals surface area contributed by atoms with Gasteiger partial charge in [-0.15, -0.1) is 0 Å². The lowest BCUT2D eigenvalue weighted by Gasteiger charge is -2.22. The van der Waals surface area contributed by atoms with E-state index in [1.807, 2.05) is 32.0 Å². The van der Waals surface area contributed by atoms with E-state index in [1.165, 1.54) is 0 Å². The standard InChI is InChI=1S/C18H26N4O2S/c1-13(2)12-25(23,24)22-10-14-8-21(9-15(14)11-22)18-19-16-6-4-5-7-17(16)20(18)3/h4-7,13-15H,8-12H2,1-3H3. The number of para-hydroxylation sites is 2. The van der Waals surface area contributed by atoms with E-state index in [0.29, 0.717) is 24.9 Å². The van der Waals surface area contributed by atoms with E-state index in [1.54, 1.807) is 4.31 Å². The lowest BCUT2D eigenvalue weighted by atomic mass is 10.0. The summed E-state index contributed by atoms with van der Waals surface area (Å²) >= 11 is 0. The van der Waals surface area contributed by atoms with E-state index >= 15 is 0 Å². The third-order valence-corrected chi connectivity index (χ3v) is 7.61. The van der Waals surface area contributed by atoms with Crippen LogP contribution in [0.2, 0.25) is 0 Å². The summed E-state index contributed by atoms with van der Waals surface area (Å²) in [6.45, 7) is 7.00. The van der Waals surface area contributed by atoms with Gasteiger partial charge in [-0.3, -0.25) is 0 Å². The predicted molar refractivity (Wildman–Crippen MR) is 100 cm³/mol. The zero-order valence-electron chi connectivity index (χ0n) is 15.1. The number of anilines is 1. The maximum atomic E-state index is 12.5. The minimum absolute atomic E-state index is 0.168. The van der Waals surface area contributed by atoms with Crippen LogP contribution in [0.15, 0.2) is 24.3 Å². The molecule has 2 saturated heterocycles. The first-order valence-corrected chi connectivity index (χ1v) is 10.6. The molecule has 25 heavy (non-hydrogen) atoms. The lowest BCUT2D eigenvalue weighted by molar-refractivity contribution is 0.447. The number of sulfonamides is 1. The van der Waals surface area contributed by atoms with Crippen molar-refractivity contribution in [2.24, 2.45) is 24.8 Å². The number of nitrogens with zero attached hydrogens (tertiary/aromatic N) is 4. The molecule has 0 bridgehead atoms. The van der Waals surface area contributed by atoms with Gasteiger partial charge in [0, 0.05) is 33.2 Å². The number of hydrogen-bond acceptors (Lipinski definition) is 4. The number of imidazole rings is 1. The van der Waals surface area contributed by atoms with Crippen molar-refractivity contribution in [3.8, 4) is 0 Å². The second kappa shape index (κ2) is 5.99. The van der Waals surface area contributed by atoms with Crippen LogP contribution in [0.25, 0.3) is 11.0 Å². The molecule has 0 amide bonds. The van der Waals surface area contributed by atoms with E-state index in [4.69, 9.17) is 4.98 Å². The average Bonchev–Trinajstić information content (AvgIpc) is 3.18. The molecule has 0 N–H and O–H groups in total. The van der Waals surface area contributed by atoms with Gasteiger partial charge in [-0.1, -0.05) is 26.0 Å². The van der Waals surface area contributed by atoms with Gasteiger partial charge in [0.1, 0.15) is 0 Å². The SMILES string of the molecule is CC(C)CS(=O)(=O)N1CC2CN(c3nc4ccccc4n3C)CC2C1. The number of fused-ring (bicyclic) bond motifs is 2. The quantitative estimate of drug-likeness (QED) is 0.834. The Morgan fingerprint density at radius 3 is 2.36 bits per heavy atom. The highest BCUT2D eigenvalue weighted by molar-refractivity contribution is 7.89. The fourth-order valence-corrected chi connectivity index (χ4v) is 6.17. The summed E-state index contributed by atoms with van der Waals surface area (Å²) in [4.78, 5) is 7.11. The smallest absolute Gasteiger partial charge is 0.214 e. The van der Waals surface area contributed by atoms with Crippen LogP contribution in [0.3, 0.4) is 0 Å². The maximum absolute atomic E-state index is 12.5. The Balaban J connectivity index is 1.50. The van der Waals surface area contributed by atoms with Crippen molar-refractivity contribution in [1.82, 2.24) is 13.9 Å². The molecule has 7 heteroatoms. The third-order valence-electron chi connectivity index (χ3n) is 5.44. The second-order valence-electron chi connectivity index (χ2n) is 7.87. The van der Waals surface area contributed by atoms with Crippen molar-refractivity contribution in [3.63, 3.8) is 0 Å². The van der Waals surface area contributed by atoms with Gasteiger partial charge in [0.2, 0.25) is 16.0 Å². The molecule has 2 unspecified atom stereocenters. The first-order chi connectivity index (χ1) is 11.8. The monoisotopic (exact) mass is 362 g/mol. The molecular formula is C18H26N4O2S. The van der Waals surface area contributed by atoms with Crippen LogP contribution in [0.4, 0.5) is 5.95 Å². The molecule has 136 valence electrons. The van der Waals surface area contributed by atoms with E-state index in [-0.39, 0.29) is 11.7 Å². The van der Waals surface area contributed by atoms with Crippen LogP contribution in [0.5, 0.6) is 0 Å². The minimum Gasteiger partial charge on any atom is -0.342 e. The largest absolute Gasteiger partial charge is 0.342 e. The minimum atomic E-state index is -3.12. The van der Waals surface area contributed by atoms with E-state index in [2.05, 4.69) is 22.6 Å². The fraction of sp³-hybridized carbons (Fsp3) is 0.611. The van der Waals surface area contributed by atoms with Gasteiger partial charge in [0.05, 0.1) is 16.8 Å². The number of aromatic nitrogens is 2. The van der Waals surface area contributed by atoms with Crippen LogP contribution >= 0.6 is 0 Å². The Hall–Kier alpha value is -1.60. The summed E-state index contributed by atoms with van der Waals surface area (Å²) in [6, 6.07) is 8.16. The summed E-state index contributed by atoms with van der Waals surface area (Å²) < 4.78 is 28.8. The molecule has 4 rings (SSSR count). The molecule has 1 aromatic heterocycles. The Bertz CT molecular complexity index is 876. The molecule has 0 aliphatic carbocycles. The zero-order valence-corrected chi connectivity index (χ0v) is 15.9. The Labute approximate surface area is 149 Å². The van der Waals surface area contributed by atoms with Crippen LogP contribution < -0.4 is 4.90 Å². The van der Waals surface area contributed by atoms with Crippen molar-refractivity contribution in [1.29, 1.82) is 0 Å². The van der Waals surface area contributed by atoms with Gasteiger partial charge in [-0.05, 0) is 29.9 Å². The van der Waals surface area contributed by atoms with Gasteiger partial charge in [0.15, 0.2) is 0 Å². The van der Waals surface area contributed by atoms with Crippen LogP contribution in [-0.4, -0.2) is 54.2 Å². The summed E-state index contributed by atoms with van der Waals surface area (Å²) in [5, 5.41) is 0. The first-order valence-electron chi connectivity index (χ1n) is 8.99. The Morgan fingerprint density at radius 2 is 1.76 bits per heavy atom. The van der Waals surface area contributed by atoms with Gasteiger partial charge >= 0.3 is 0 Å². The number of benzene rings is 1. The average molecular weight is 362 g/mol. The highest BCUT2D eigenvalue weighted by Crippen LogP contribution is 2.35. The highest BCUT2D eigenvalue weighted by atomic mass is 32.2. The van der Waals surface area contributed by atoms with Gasteiger partial charge < -0.3 is 9.47 Å². The normalized spacial score (nSPS) is 24.6. The third kappa shape index (κ3) is 2.93. The molecule has 0 saturated carbocycles. The van der Waals surface area contributed by atoms with E-state index in [9.17, 15) is 8.42 Å². The molecule has 2 aromatic rings. The highest BCUT2D eigenvalue weighted by Gasteiger charge is 2.44. The fourth-order valence-electron chi connectivity index (χ4n) is 4.28. The zero-order chi connectivity index (χ0) is 17.8. The van der Waals surface area contributed by atoms with Crippen LogP contribution in [-0.2, 0) is 17.1 Å². The molecule has 1 aromatic carbocycles. The molecule has 2 atom stereocenters. The Kier molecular flexibility index (Phi) is 4.03. The molecular weight excluding hydrogens is 336 g/mol. The molecule has 2 fully saturated rings. The maximum Gasteiger partial charge on any atom is 0.214 e. The number of hydrogen-bond donors (Lipinski definition) is 0. The molecule has 0 radical (unpaired) electrons. The molecule has 2 aliphatic heterocycles. The van der Waals surface area contributed by atoms with Crippen LogP contribution in [0, 0.1) is 17.8 Å². The van der Waals surface area contributed by atoms with Crippen molar-refractivity contribution >= 4 is 27.0 Å². The summed E-state index contributed by atoms with van der Waals surface area (Å²) in [5.41, 5.74) is 2.15. The van der Waals surface area contributed by atoms with Gasteiger partial charge in [-0.25, -0.2) is 17.7 Å². The van der Waals surface area contributed by atoms with E-state index in [0.717, 1.165) is 30.1 Å². The lowest BCUT2D eigenvalue weighted by Crippen LogP contribution is -2.36. The summed E-state index contributed by atoms with van der Waals surface area (Å²) in [7, 11) is -1.06. The summed E-state index contributed by atoms with van der Waals surface area (Å²) in [6.07, 6.45) is 0. The van der Waals surface area contributed by atoms with Crippen LogP contribution in [0.1, 0.15) is 13.8 Å². The first kappa shape index (κ1) is 16.8. The molecule has 2 aliphatic rings.